The Labute approximate surface area is 123 Å². The number of hydrogen-bond acceptors (Lipinski definition) is 4. The van der Waals surface area contributed by atoms with Gasteiger partial charge in [-0.2, -0.15) is 0 Å². The third-order valence-electron chi connectivity index (χ3n) is 3.39. The van der Waals surface area contributed by atoms with E-state index in [0.29, 0.717) is 5.15 Å². The van der Waals surface area contributed by atoms with Gasteiger partial charge in [0.05, 0.1) is 18.9 Å². The van der Waals surface area contributed by atoms with Crippen molar-refractivity contribution in [3.8, 4) is 11.3 Å². The molecule has 0 bridgehead atoms. The van der Waals surface area contributed by atoms with E-state index in [-0.39, 0.29) is 0 Å². The molecule has 0 N–H and O–H groups in total. The van der Waals surface area contributed by atoms with Gasteiger partial charge in [0.1, 0.15) is 0 Å². The molecule has 0 amide bonds. The Morgan fingerprint density at radius 2 is 1.75 bits per heavy atom. The van der Waals surface area contributed by atoms with Crippen molar-refractivity contribution in [2.24, 2.45) is 0 Å². The molecule has 0 atom stereocenters. The van der Waals surface area contributed by atoms with Crippen molar-refractivity contribution < 1.29 is 4.74 Å². The molecule has 2 aromatic rings. The summed E-state index contributed by atoms with van der Waals surface area (Å²) in [6.07, 6.45) is 0. The SMILES string of the molecule is Clc1ccc(-c2ccc(CN3CCOCC3)cc2)nn1. The molecule has 1 aliphatic heterocycles. The van der Waals surface area contributed by atoms with E-state index >= 15 is 0 Å². The van der Waals surface area contributed by atoms with E-state index in [1.54, 1.807) is 6.07 Å². The predicted octanol–water partition coefficient (Wildman–Crippen LogP) is 2.63. The van der Waals surface area contributed by atoms with E-state index in [4.69, 9.17) is 16.3 Å². The van der Waals surface area contributed by atoms with Gasteiger partial charge in [0.15, 0.2) is 5.15 Å². The highest BCUT2D eigenvalue weighted by Gasteiger charge is 2.10. The van der Waals surface area contributed by atoms with E-state index in [9.17, 15) is 0 Å². The topological polar surface area (TPSA) is 38.2 Å². The van der Waals surface area contributed by atoms with Crippen molar-refractivity contribution >= 4 is 11.6 Å². The Hall–Kier alpha value is -1.49. The van der Waals surface area contributed by atoms with Crippen LogP contribution in [-0.2, 0) is 11.3 Å². The highest BCUT2D eigenvalue weighted by Crippen LogP contribution is 2.18. The van der Waals surface area contributed by atoms with Crippen LogP contribution in [0.25, 0.3) is 11.3 Å². The van der Waals surface area contributed by atoms with Crippen LogP contribution < -0.4 is 0 Å². The van der Waals surface area contributed by atoms with Crippen LogP contribution in [0.15, 0.2) is 36.4 Å². The van der Waals surface area contributed by atoms with Crippen LogP contribution >= 0.6 is 11.6 Å². The minimum Gasteiger partial charge on any atom is -0.379 e. The second-order valence-corrected chi connectivity index (χ2v) is 5.21. The lowest BCUT2D eigenvalue weighted by Crippen LogP contribution is -2.35. The van der Waals surface area contributed by atoms with Gasteiger partial charge in [-0.05, 0) is 17.7 Å². The first-order valence-electron chi connectivity index (χ1n) is 6.70. The van der Waals surface area contributed by atoms with Gasteiger partial charge in [0.25, 0.3) is 0 Å². The molecule has 0 aliphatic carbocycles. The molecular formula is C15H16ClN3O. The molecule has 1 aromatic heterocycles. The molecule has 1 saturated heterocycles. The van der Waals surface area contributed by atoms with Gasteiger partial charge >= 0.3 is 0 Å². The van der Waals surface area contributed by atoms with Crippen molar-refractivity contribution in [2.75, 3.05) is 26.3 Å². The molecular weight excluding hydrogens is 274 g/mol. The van der Waals surface area contributed by atoms with Crippen LogP contribution in [0.2, 0.25) is 5.15 Å². The highest BCUT2D eigenvalue weighted by atomic mass is 35.5. The second-order valence-electron chi connectivity index (χ2n) is 4.83. The monoisotopic (exact) mass is 289 g/mol. The molecule has 5 heteroatoms. The lowest BCUT2D eigenvalue weighted by Gasteiger charge is -2.26. The van der Waals surface area contributed by atoms with Crippen molar-refractivity contribution in [1.82, 2.24) is 15.1 Å². The van der Waals surface area contributed by atoms with Gasteiger partial charge in [0, 0.05) is 25.2 Å². The number of ether oxygens (including phenoxy) is 1. The molecule has 0 saturated carbocycles. The van der Waals surface area contributed by atoms with E-state index in [1.165, 1.54) is 5.56 Å². The molecule has 1 fully saturated rings. The molecule has 104 valence electrons. The number of halogens is 1. The quantitative estimate of drug-likeness (QED) is 0.871. The van der Waals surface area contributed by atoms with E-state index in [0.717, 1.165) is 44.1 Å². The fourth-order valence-electron chi connectivity index (χ4n) is 2.27. The van der Waals surface area contributed by atoms with Gasteiger partial charge in [-0.15, -0.1) is 10.2 Å². The first-order valence-corrected chi connectivity index (χ1v) is 7.08. The third-order valence-corrected chi connectivity index (χ3v) is 3.59. The molecule has 20 heavy (non-hydrogen) atoms. The summed E-state index contributed by atoms with van der Waals surface area (Å²) in [6.45, 7) is 4.64. The maximum Gasteiger partial charge on any atom is 0.151 e. The molecule has 3 rings (SSSR count). The van der Waals surface area contributed by atoms with Gasteiger partial charge < -0.3 is 4.74 Å². The summed E-state index contributed by atoms with van der Waals surface area (Å²) in [5, 5.41) is 8.36. The largest absolute Gasteiger partial charge is 0.379 e. The fraction of sp³-hybridized carbons (Fsp3) is 0.333. The van der Waals surface area contributed by atoms with Gasteiger partial charge in [-0.3, -0.25) is 4.90 Å². The minimum absolute atomic E-state index is 0.415. The lowest BCUT2D eigenvalue weighted by molar-refractivity contribution is 0.0342. The van der Waals surface area contributed by atoms with E-state index < -0.39 is 0 Å². The standard InChI is InChI=1S/C15H16ClN3O/c16-15-6-5-14(17-18-15)13-3-1-12(2-4-13)11-19-7-9-20-10-8-19/h1-6H,7-11H2. The normalized spacial score (nSPS) is 16.2. The average molecular weight is 290 g/mol. The number of hydrogen-bond donors (Lipinski definition) is 0. The van der Waals surface area contributed by atoms with Crippen molar-refractivity contribution in [3.63, 3.8) is 0 Å². The summed E-state index contributed by atoms with van der Waals surface area (Å²) < 4.78 is 5.36. The molecule has 0 radical (unpaired) electrons. The number of aromatic nitrogens is 2. The van der Waals surface area contributed by atoms with Crippen molar-refractivity contribution in [2.45, 2.75) is 6.54 Å². The Balaban J connectivity index is 1.69. The van der Waals surface area contributed by atoms with Crippen LogP contribution in [0.5, 0.6) is 0 Å². The fourth-order valence-corrected chi connectivity index (χ4v) is 2.37. The molecule has 0 unspecified atom stereocenters. The van der Waals surface area contributed by atoms with Gasteiger partial charge in [-0.25, -0.2) is 0 Å². The maximum absolute atomic E-state index is 5.74. The molecule has 2 heterocycles. The zero-order valence-corrected chi connectivity index (χ0v) is 11.9. The number of nitrogens with zero attached hydrogens (tertiary/aromatic N) is 3. The summed E-state index contributed by atoms with van der Waals surface area (Å²) in [5.41, 5.74) is 3.20. The predicted molar refractivity (Wildman–Crippen MR) is 78.6 cm³/mol. The van der Waals surface area contributed by atoms with Crippen LogP contribution in [0.4, 0.5) is 0 Å². The van der Waals surface area contributed by atoms with E-state index in [1.807, 2.05) is 6.07 Å². The van der Waals surface area contributed by atoms with Crippen LogP contribution in [0.1, 0.15) is 5.56 Å². The number of rotatable bonds is 3. The lowest BCUT2D eigenvalue weighted by atomic mass is 10.1. The Morgan fingerprint density at radius 3 is 2.40 bits per heavy atom. The average Bonchev–Trinajstić information content (AvgIpc) is 2.50. The van der Waals surface area contributed by atoms with Crippen LogP contribution in [0, 0.1) is 0 Å². The zero-order valence-electron chi connectivity index (χ0n) is 11.1. The smallest absolute Gasteiger partial charge is 0.151 e. The zero-order chi connectivity index (χ0) is 13.8. The Bertz CT molecular complexity index is 550. The second kappa shape index (κ2) is 6.31. The van der Waals surface area contributed by atoms with Crippen molar-refractivity contribution in [3.05, 3.63) is 47.1 Å². The van der Waals surface area contributed by atoms with Gasteiger partial charge in [0.2, 0.25) is 0 Å². The number of morpholine rings is 1. The summed E-state index contributed by atoms with van der Waals surface area (Å²) in [7, 11) is 0. The van der Waals surface area contributed by atoms with Crippen LogP contribution in [0.3, 0.4) is 0 Å². The minimum atomic E-state index is 0.415. The van der Waals surface area contributed by atoms with Crippen LogP contribution in [-0.4, -0.2) is 41.4 Å². The van der Waals surface area contributed by atoms with Crippen molar-refractivity contribution in [1.29, 1.82) is 0 Å². The maximum atomic E-state index is 5.74. The number of benzene rings is 1. The Kier molecular flexibility index (Phi) is 4.25. The molecule has 4 nitrogen and oxygen atoms in total. The van der Waals surface area contributed by atoms with E-state index in [2.05, 4.69) is 39.4 Å². The summed E-state index contributed by atoms with van der Waals surface area (Å²) in [6, 6.07) is 12.1. The highest BCUT2D eigenvalue weighted by molar-refractivity contribution is 6.29. The first-order chi connectivity index (χ1) is 9.81. The van der Waals surface area contributed by atoms with Gasteiger partial charge in [-0.1, -0.05) is 35.9 Å². The first kappa shape index (κ1) is 13.5. The molecule has 0 spiro atoms. The molecule has 1 aromatic carbocycles. The third kappa shape index (κ3) is 3.33. The summed E-state index contributed by atoms with van der Waals surface area (Å²) in [5.74, 6) is 0. The molecule has 1 aliphatic rings. The summed E-state index contributed by atoms with van der Waals surface area (Å²) in [4.78, 5) is 2.40. The summed E-state index contributed by atoms with van der Waals surface area (Å²) >= 11 is 5.74. The Morgan fingerprint density at radius 1 is 1.00 bits per heavy atom.